The Morgan fingerprint density at radius 1 is 1.29 bits per heavy atom. The number of carboxylic acids is 1. The van der Waals surface area contributed by atoms with Crippen LogP contribution in [-0.4, -0.2) is 21.8 Å². The number of nitrogens with zero attached hydrogens (tertiary/aromatic N) is 1. The molecule has 0 unspecified atom stereocenters. The van der Waals surface area contributed by atoms with E-state index in [9.17, 15) is 9.90 Å². The Labute approximate surface area is 128 Å². The van der Waals surface area contributed by atoms with Crippen molar-refractivity contribution < 1.29 is 9.90 Å². The SMILES string of the molecule is CCSc1cc(-c2ccc(C3CC3)cc2)cnc1C(=O)O. The Morgan fingerprint density at radius 3 is 2.57 bits per heavy atom. The third-order valence-electron chi connectivity index (χ3n) is 3.65. The Bertz CT molecular complexity index is 663. The predicted molar refractivity (Wildman–Crippen MR) is 85.0 cm³/mol. The number of rotatable bonds is 5. The van der Waals surface area contributed by atoms with Crippen molar-refractivity contribution in [1.82, 2.24) is 4.98 Å². The minimum absolute atomic E-state index is 0.139. The molecule has 1 aromatic heterocycles. The van der Waals surface area contributed by atoms with Crippen LogP contribution in [0.15, 0.2) is 41.4 Å². The summed E-state index contributed by atoms with van der Waals surface area (Å²) in [5.41, 5.74) is 3.59. The normalized spacial score (nSPS) is 14.1. The molecule has 2 aromatic rings. The van der Waals surface area contributed by atoms with Gasteiger partial charge < -0.3 is 5.11 Å². The second-order valence-electron chi connectivity index (χ2n) is 5.21. The Hall–Kier alpha value is -1.81. The van der Waals surface area contributed by atoms with Gasteiger partial charge in [-0.3, -0.25) is 0 Å². The van der Waals surface area contributed by atoms with E-state index >= 15 is 0 Å². The summed E-state index contributed by atoms with van der Waals surface area (Å²) in [6, 6.07) is 10.5. The maximum Gasteiger partial charge on any atom is 0.355 e. The number of pyridine rings is 1. The lowest BCUT2D eigenvalue weighted by Gasteiger charge is -2.08. The van der Waals surface area contributed by atoms with Gasteiger partial charge >= 0.3 is 5.97 Å². The molecule has 108 valence electrons. The van der Waals surface area contributed by atoms with Crippen molar-refractivity contribution in [2.75, 3.05) is 5.75 Å². The molecule has 0 amide bonds. The smallest absolute Gasteiger partial charge is 0.355 e. The van der Waals surface area contributed by atoms with Crippen LogP contribution in [0.3, 0.4) is 0 Å². The fourth-order valence-corrected chi connectivity index (χ4v) is 3.19. The maximum absolute atomic E-state index is 11.2. The summed E-state index contributed by atoms with van der Waals surface area (Å²) in [5, 5.41) is 9.18. The number of hydrogen-bond acceptors (Lipinski definition) is 3. The molecule has 21 heavy (non-hydrogen) atoms. The first kappa shape index (κ1) is 14.1. The van der Waals surface area contributed by atoms with E-state index in [1.165, 1.54) is 30.2 Å². The highest BCUT2D eigenvalue weighted by molar-refractivity contribution is 7.99. The molecule has 0 atom stereocenters. The van der Waals surface area contributed by atoms with Gasteiger partial charge in [0.2, 0.25) is 0 Å². The van der Waals surface area contributed by atoms with Crippen molar-refractivity contribution >= 4 is 17.7 Å². The molecule has 3 nitrogen and oxygen atoms in total. The van der Waals surface area contributed by atoms with Gasteiger partial charge in [0.25, 0.3) is 0 Å². The second-order valence-corrected chi connectivity index (χ2v) is 6.51. The lowest BCUT2D eigenvalue weighted by atomic mass is 10.0. The van der Waals surface area contributed by atoms with Crippen LogP contribution in [0.25, 0.3) is 11.1 Å². The molecular weight excluding hydrogens is 282 g/mol. The summed E-state index contributed by atoms with van der Waals surface area (Å²) in [4.78, 5) is 16.0. The lowest BCUT2D eigenvalue weighted by Crippen LogP contribution is -2.03. The van der Waals surface area contributed by atoms with Gasteiger partial charge in [0.05, 0.1) is 0 Å². The summed E-state index contributed by atoms with van der Waals surface area (Å²) in [6.07, 6.45) is 4.24. The van der Waals surface area contributed by atoms with E-state index in [1.807, 2.05) is 13.0 Å². The molecule has 1 aliphatic rings. The van der Waals surface area contributed by atoms with Gasteiger partial charge in [-0.15, -0.1) is 11.8 Å². The highest BCUT2D eigenvalue weighted by atomic mass is 32.2. The maximum atomic E-state index is 11.2. The first-order valence-corrected chi connectivity index (χ1v) is 8.14. The summed E-state index contributed by atoms with van der Waals surface area (Å²) in [5.74, 6) is 0.603. The molecule has 0 bridgehead atoms. The Kier molecular flexibility index (Phi) is 3.97. The standard InChI is InChI=1S/C17H17NO2S/c1-2-21-15-9-14(10-18-16(15)17(19)20)13-7-5-12(6-8-13)11-3-4-11/h5-11H,2-4H2,1H3,(H,19,20). The van der Waals surface area contributed by atoms with Crippen LogP contribution < -0.4 is 0 Å². The number of carboxylic acid groups (broad SMARTS) is 1. The number of benzene rings is 1. The van der Waals surface area contributed by atoms with Gasteiger partial charge in [-0.1, -0.05) is 31.2 Å². The van der Waals surface area contributed by atoms with E-state index in [2.05, 4.69) is 29.2 Å². The van der Waals surface area contributed by atoms with Crippen LogP contribution in [0.5, 0.6) is 0 Å². The third kappa shape index (κ3) is 3.10. The van der Waals surface area contributed by atoms with E-state index in [0.29, 0.717) is 0 Å². The first-order valence-electron chi connectivity index (χ1n) is 7.15. The van der Waals surface area contributed by atoms with Crippen molar-refractivity contribution in [2.24, 2.45) is 0 Å². The van der Waals surface area contributed by atoms with E-state index in [1.54, 1.807) is 6.20 Å². The third-order valence-corrected chi connectivity index (χ3v) is 4.56. The Balaban J connectivity index is 1.93. The summed E-state index contributed by atoms with van der Waals surface area (Å²) in [7, 11) is 0. The van der Waals surface area contributed by atoms with Crippen molar-refractivity contribution in [3.05, 3.63) is 47.8 Å². The van der Waals surface area contributed by atoms with Crippen molar-refractivity contribution in [1.29, 1.82) is 0 Å². The van der Waals surface area contributed by atoms with Crippen LogP contribution >= 0.6 is 11.8 Å². The van der Waals surface area contributed by atoms with Crippen LogP contribution in [0, 0.1) is 0 Å². The number of carbonyl (C=O) groups is 1. The molecule has 1 fully saturated rings. The predicted octanol–water partition coefficient (Wildman–Crippen LogP) is 4.44. The molecule has 1 N–H and O–H groups in total. The van der Waals surface area contributed by atoms with Gasteiger partial charge in [0.1, 0.15) is 0 Å². The molecule has 0 saturated heterocycles. The van der Waals surface area contributed by atoms with Crippen molar-refractivity contribution in [3.8, 4) is 11.1 Å². The van der Waals surface area contributed by atoms with Crippen LogP contribution in [0.4, 0.5) is 0 Å². The molecule has 1 aromatic carbocycles. The number of aromatic carboxylic acids is 1. The molecule has 1 aliphatic carbocycles. The molecule has 1 saturated carbocycles. The minimum Gasteiger partial charge on any atom is -0.476 e. The van der Waals surface area contributed by atoms with Crippen LogP contribution in [0.1, 0.15) is 41.7 Å². The summed E-state index contributed by atoms with van der Waals surface area (Å²) < 4.78 is 0. The number of hydrogen-bond donors (Lipinski definition) is 1. The van der Waals surface area contributed by atoms with E-state index in [4.69, 9.17) is 0 Å². The fraction of sp³-hybridized carbons (Fsp3) is 0.294. The Morgan fingerprint density at radius 2 is 2.00 bits per heavy atom. The van der Waals surface area contributed by atoms with Crippen LogP contribution in [0.2, 0.25) is 0 Å². The molecule has 0 radical (unpaired) electrons. The molecule has 0 aliphatic heterocycles. The van der Waals surface area contributed by atoms with E-state index in [0.717, 1.165) is 27.7 Å². The second kappa shape index (κ2) is 5.90. The monoisotopic (exact) mass is 299 g/mol. The highest BCUT2D eigenvalue weighted by Gasteiger charge is 2.23. The summed E-state index contributed by atoms with van der Waals surface area (Å²) in [6.45, 7) is 2.01. The first-order chi connectivity index (χ1) is 10.2. The fourth-order valence-electron chi connectivity index (χ4n) is 2.39. The minimum atomic E-state index is -0.971. The molecule has 1 heterocycles. The molecule has 0 spiro atoms. The van der Waals surface area contributed by atoms with Gasteiger partial charge in [0, 0.05) is 16.7 Å². The molecular formula is C17H17NO2S. The van der Waals surface area contributed by atoms with Crippen molar-refractivity contribution in [3.63, 3.8) is 0 Å². The summed E-state index contributed by atoms with van der Waals surface area (Å²) >= 11 is 1.51. The van der Waals surface area contributed by atoms with Gasteiger partial charge in [-0.05, 0) is 41.7 Å². The van der Waals surface area contributed by atoms with Gasteiger partial charge in [0.15, 0.2) is 5.69 Å². The average Bonchev–Trinajstić information content (AvgIpc) is 3.32. The number of thioether (sulfide) groups is 1. The van der Waals surface area contributed by atoms with Crippen molar-refractivity contribution in [2.45, 2.75) is 30.6 Å². The van der Waals surface area contributed by atoms with Gasteiger partial charge in [-0.2, -0.15) is 0 Å². The van der Waals surface area contributed by atoms with E-state index in [-0.39, 0.29) is 5.69 Å². The largest absolute Gasteiger partial charge is 0.476 e. The quantitative estimate of drug-likeness (QED) is 0.829. The van der Waals surface area contributed by atoms with E-state index < -0.39 is 5.97 Å². The average molecular weight is 299 g/mol. The molecule has 4 heteroatoms. The zero-order valence-corrected chi connectivity index (χ0v) is 12.7. The topological polar surface area (TPSA) is 50.2 Å². The zero-order chi connectivity index (χ0) is 14.8. The lowest BCUT2D eigenvalue weighted by molar-refractivity contribution is 0.0686. The van der Waals surface area contributed by atoms with Crippen LogP contribution in [-0.2, 0) is 0 Å². The highest BCUT2D eigenvalue weighted by Crippen LogP contribution is 2.40. The number of aromatic nitrogens is 1. The molecule has 3 rings (SSSR count). The van der Waals surface area contributed by atoms with Gasteiger partial charge in [-0.25, -0.2) is 9.78 Å². The zero-order valence-electron chi connectivity index (χ0n) is 11.9.